The number of rotatable bonds is 7. The van der Waals surface area contributed by atoms with Crippen LogP contribution in [-0.4, -0.2) is 47.5 Å². The van der Waals surface area contributed by atoms with E-state index in [0.29, 0.717) is 17.8 Å². The zero-order valence-electron chi connectivity index (χ0n) is 16.9. The molecule has 0 aliphatic rings. The van der Waals surface area contributed by atoms with Gasteiger partial charge < -0.3 is 19.4 Å². The molecule has 0 radical (unpaired) electrons. The minimum atomic E-state index is -0.957. The number of H-pyrrole nitrogens is 1. The number of aryl methyl sites for hydroxylation is 1. The van der Waals surface area contributed by atoms with Gasteiger partial charge in [-0.15, -0.1) is 0 Å². The van der Waals surface area contributed by atoms with Gasteiger partial charge in [-0.2, -0.15) is 0 Å². The van der Waals surface area contributed by atoms with Gasteiger partial charge in [-0.1, -0.05) is 30.3 Å². The summed E-state index contributed by atoms with van der Waals surface area (Å²) in [5.41, 5.74) is 2.37. The lowest BCUT2D eigenvalue weighted by Gasteiger charge is -2.21. The van der Waals surface area contributed by atoms with E-state index in [9.17, 15) is 14.4 Å². The number of aromatic nitrogens is 1. The van der Waals surface area contributed by atoms with E-state index in [2.05, 4.69) is 4.98 Å². The van der Waals surface area contributed by atoms with Gasteiger partial charge in [0, 0.05) is 19.3 Å². The Balaban J connectivity index is 2.07. The zero-order valence-corrected chi connectivity index (χ0v) is 16.9. The number of nitrogens with one attached hydrogen (secondary N) is 1. The van der Waals surface area contributed by atoms with E-state index >= 15 is 0 Å². The summed E-state index contributed by atoms with van der Waals surface area (Å²) in [5.74, 6) is -1.50. The maximum Gasteiger partial charge on any atom is 0.355 e. The summed E-state index contributed by atoms with van der Waals surface area (Å²) in [6.45, 7) is 7.19. The van der Waals surface area contributed by atoms with Gasteiger partial charge in [0.1, 0.15) is 5.69 Å². The summed E-state index contributed by atoms with van der Waals surface area (Å²) >= 11 is 0. The molecular weight excluding hydrogens is 360 g/mol. The van der Waals surface area contributed by atoms with Gasteiger partial charge in [0.2, 0.25) is 0 Å². The van der Waals surface area contributed by atoms with E-state index in [1.165, 1.54) is 11.8 Å². The minimum Gasteiger partial charge on any atom is -0.461 e. The molecule has 1 N–H and O–H groups in total. The Morgan fingerprint density at radius 1 is 1.11 bits per heavy atom. The van der Waals surface area contributed by atoms with Crippen LogP contribution >= 0.6 is 0 Å². The molecule has 7 nitrogen and oxygen atoms in total. The van der Waals surface area contributed by atoms with Crippen molar-refractivity contribution in [3.8, 4) is 0 Å². The first-order valence-electron chi connectivity index (χ1n) is 9.12. The summed E-state index contributed by atoms with van der Waals surface area (Å²) in [5, 5.41) is 0. The van der Waals surface area contributed by atoms with Gasteiger partial charge in [0.25, 0.3) is 5.91 Å². The van der Waals surface area contributed by atoms with Crippen molar-refractivity contribution in [2.45, 2.75) is 40.3 Å². The van der Waals surface area contributed by atoms with Crippen molar-refractivity contribution in [1.82, 2.24) is 9.88 Å². The van der Waals surface area contributed by atoms with Crippen LogP contribution in [-0.2, 0) is 20.8 Å². The highest BCUT2D eigenvalue weighted by Crippen LogP contribution is 2.20. The van der Waals surface area contributed by atoms with Crippen LogP contribution < -0.4 is 0 Å². The third kappa shape index (κ3) is 4.79. The predicted molar refractivity (Wildman–Crippen MR) is 104 cm³/mol. The van der Waals surface area contributed by atoms with E-state index < -0.39 is 18.0 Å². The van der Waals surface area contributed by atoms with Gasteiger partial charge in [-0.25, -0.2) is 9.59 Å². The molecule has 150 valence electrons. The number of esters is 2. The molecule has 1 amide bonds. The van der Waals surface area contributed by atoms with Gasteiger partial charge in [0.05, 0.1) is 12.2 Å². The molecule has 0 bridgehead atoms. The van der Waals surface area contributed by atoms with Crippen LogP contribution in [0.5, 0.6) is 0 Å². The molecule has 1 aromatic heterocycles. The van der Waals surface area contributed by atoms with Gasteiger partial charge in [-0.3, -0.25) is 4.79 Å². The van der Waals surface area contributed by atoms with E-state index in [1.807, 2.05) is 30.3 Å². The molecule has 1 atom stereocenters. The van der Waals surface area contributed by atoms with E-state index in [1.54, 1.807) is 27.8 Å². The highest BCUT2D eigenvalue weighted by atomic mass is 16.5. The Morgan fingerprint density at radius 2 is 1.75 bits per heavy atom. The lowest BCUT2D eigenvalue weighted by Crippen LogP contribution is -2.37. The van der Waals surface area contributed by atoms with Crippen LogP contribution in [0.15, 0.2) is 30.3 Å². The van der Waals surface area contributed by atoms with Crippen LogP contribution in [0.25, 0.3) is 0 Å². The van der Waals surface area contributed by atoms with Crippen molar-refractivity contribution >= 4 is 17.8 Å². The maximum absolute atomic E-state index is 12.6. The standard InChI is InChI=1S/C21H26N2O5/c1-6-27-21(26)18-13(2)17(14(3)22-18)20(25)28-15(4)19(24)23(5)12-16-10-8-7-9-11-16/h7-11,15,22H,6,12H2,1-5H3/t15-/m0/s1. The quantitative estimate of drug-likeness (QED) is 0.739. The number of benzene rings is 1. The zero-order chi connectivity index (χ0) is 20.8. The van der Waals surface area contributed by atoms with Crippen molar-refractivity contribution in [1.29, 1.82) is 0 Å². The topological polar surface area (TPSA) is 88.7 Å². The van der Waals surface area contributed by atoms with Crippen molar-refractivity contribution in [2.75, 3.05) is 13.7 Å². The molecule has 2 rings (SSSR count). The third-order valence-electron chi connectivity index (χ3n) is 4.39. The highest BCUT2D eigenvalue weighted by Gasteiger charge is 2.27. The van der Waals surface area contributed by atoms with Gasteiger partial charge >= 0.3 is 11.9 Å². The Hall–Kier alpha value is -3.09. The number of aromatic amines is 1. The second-order valence-corrected chi connectivity index (χ2v) is 6.57. The molecule has 1 heterocycles. The van der Waals surface area contributed by atoms with Crippen molar-refractivity contribution in [3.05, 3.63) is 58.4 Å². The molecule has 0 saturated heterocycles. The minimum absolute atomic E-state index is 0.214. The predicted octanol–water partition coefficient (Wildman–Crippen LogP) is 3.01. The smallest absolute Gasteiger partial charge is 0.355 e. The Kier molecular flexibility index (Phi) is 6.98. The molecule has 0 aliphatic carbocycles. The number of hydrogen-bond donors (Lipinski definition) is 1. The number of carbonyl (C=O) groups excluding carboxylic acids is 3. The van der Waals surface area contributed by atoms with Crippen molar-refractivity contribution < 1.29 is 23.9 Å². The number of ether oxygens (including phenoxy) is 2. The second kappa shape index (κ2) is 9.21. The van der Waals surface area contributed by atoms with Crippen molar-refractivity contribution in [2.24, 2.45) is 0 Å². The SMILES string of the molecule is CCOC(=O)c1[nH]c(C)c(C(=O)O[C@@H](C)C(=O)N(C)Cc2ccccc2)c1C. The average Bonchev–Trinajstić information content (AvgIpc) is 2.96. The van der Waals surface area contributed by atoms with Crippen molar-refractivity contribution in [3.63, 3.8) is 0 Å². The summed E-state index contributed by atoms with van der Waals surface area (Å²) in [7, 11) is 1.66. The van der Waals surface area contributed by atoms with Crippen LogP contribution in [0.2, 0.25) is 0 Å². The third-order valence-corrected chi connectivity index (χ3v) is 4.39. The first kappa shape index (κ1) is 21.2. The van der Waals surface area contributed by atoms with E-state index in [4.69, 9.17) is 9.47 Å². The molecule has 0 saturated carbocycles. The van der Waals surface area contributed by atoms with Gasteiger partial charge in [0.15, 0.2) is 6.10 Å². The Bertz CT molecular complexity index is 857. The molecule has 1 aromatic carbocycles. The molecule has 7 heteroatoms. The molecule has 2 aromatic rings. The number of hydrogen-bond acceptors (Lipinski definition) is 5. The Morgan fingerprint density at radius 3 is 2.36 bits per heavy atom. The van der Waals surface area contributed by atoms with E-state index in [-0.39, 0.29) is 23.8 Å². The lowest BCUT2D eigenvalue weighted by molar-refractivity contribution is -0.139. The summed E-state index contributed by atoms with van der Waals surface area (Å²) in [6.07, 6.45) is -0.957. The highest BCUT2D eigenvalue weighted by molar-refractivity contribution is 5.99. The van der Waals surface area contributed by atoms with Crippen LogP contribution in [0.3, 0.4) is 0 Å². The second-order valence-electron chi connectivity index (χ2n) is 6.57. The van der Waals surface area contributed by atoms with Crippen LogP contribution in [0.1, 0.15) is 51.5 Å². The number of nitrogens with zero attached hydrogens (tertiary/aromatic N) is 1. The summed E-state index contributed by atoms with van der Waals surface area (Å²) in [4.78, 5) is 41.5. The summed E-state index contributed by atoms with van der Waals surface area (Å²) < 4.78 is 10.4. The average molecular weight is 386 g/mol. The first-order valence-corrected chi connectivity index (χ1v) is 9.12. The Labute approximate surface area is 164 Å². The fraction of sp³-hybridized carbons (Fsp3) is 0.381. The maximum atomic E-state index is 12.6. The summed E-state index contributed by atoms with van der Waals surface area (Å²) in [6, 6.07) is 9.54. The van der Waals surface area contributed by atoms with E-state index in [0.717, 1.165) is 5.56 Å². The van der Waals surface area contributed by atoms with Gasteiger partial charge in [-0.05, 0) is 38.8 Å². The normalized spacial score (nSPS) is 11.6. The molecule has 0 unspecified atom stereocenters. The fourth-order valence-electron chi connectivity index (χ4n) is 2.98. The molecule has 0 fully saturated rings. The number of carbonyl (C=O) groups is 3. The van der Waals surface area contributed by atoms with Crippen LogP contribution in [0.4, 0.5) is 0 Å². The van der Waals surface area contributed by atoms with Crippen LogP contribution in [0, 0.1) is 13.8 Å². The molecule has 0 spiro atoms. The largest absolute Gasteiger partial charge is 0.461 e. The number of likely N-dealkylation sites (N-methyl/N-ethyl adjacent to an activating group) is 1. The lowest BCUT2D eigenvalue weighted by atomic mass is 10.1. The molecular formula is C21H26N2O5. The number of amides is 1. The monoisotopic (exact) mass is 386 g/mol. The first-order chi connectivity index (χ1) is 13.3. The molecule has 0 aliphatic heterocycles. The molecule has 28 heavy (non-hydrogen) atoms. The fourth-order valence-corrected chi connectivity index (χ4v) is 2.98.